The third-order valence-corrected chi connectivity index (χ3v) is 3.23. The molecule has 0 aromatic heterocycles. The summed E-state index contributed by atoms with van der Waals surface area (Å²) < 4.78 is 30.3. The molecule has 22 heteroatoms. The predicted molar refractivity (Wildman–Crippen MR) is 147 cm³/mol. The number of rotatable bonds is 15. The van der Waals surface area contributed by atoms with E-state index in [1.54, 1.807) is 0 Å². The zero-order chi connectivity index (χ0) is 34.8. The van der Waals surface area contributed by atoms with Crippen LogP contribution in [0.1, 0.15) is 21.3 Å². The fourth-order valence-corrected chi connectivity index (χ4v) is 1.41. The monoisotopic (exact) mass is 662 g/mol. The van der Waals surface area contributed by atoms with Gasteiger partial charge in [-0.3, -0.25) is 14.4 Å². The summed E-state index contributed by atoms with van der Waals surface area (Å²) in [5, 5.41) is 43.0. The second-order valence-corrected chi connectivity index (χ2v) is 6.59. The number of hydrogen-bond donors (Lipinski definition) is 8. The van der Waals surface area contributed by atoms with Crippen LogP contribution in [0.15, 0.2) is 0 Å². The van der Waals surface area contributed by atoms with E-state index in [2.05, 4.69) is 67.3 Å². The third kappa shape index (κ3) is 43.5. The quantitative estimate of drug-likeness (QED) is 0.0289. The number of carbonyl (C=O) groups excluding carboxylic acids is 7. The molecule has 1 unspecified atom stereocenters. The minimum atomic E-state index is -1.16. The van der Waals surface area contributed by atoms with Crippen LogP contribution in [-0.4, -0.2) is 136 Å². The van der Waals surface area contributed by atoms with Gasteiger partial charge in [-0.25, -0.2) is 19.2 Å². The summed E-state index contributed by atoms with van der Waals surface area (Å²) in [6.07, 6.45) is 2.16. The van der Waals surface area contributed by atoms with Crippen LogP contribution in [0.4, 0.5) is 19.2 Å². The van der Waals surface area contributed by atoms with Gasteiger partial charge in [0.05, 0.1) is 40.3 Å². The fraction of sp³-hybridized carbons (Fsp3) is 0.609. The molecule has 0 aliphatic heterocycles. The zero-order valence-corrected chi connectivity index (χ0v) is 24.0. The average molecular weight is 663 g/mol. The molecule has 0 spiro atoms. The molecule has 0 bridgehead atoms. The molecule has 0 radical (unpaired) electrons. The molecule has 0 aromatic carbocycles. The number of methoxy groups -OCH3 is 1. The summed E-state index contributed by atoms with van der Waals surface area (Å²) >= 11 is 0. The topological polar surface area (TPSA) is 313 Å². The van der Waals surface area contributed by atoms with Crippen LogP contribution in [0, 0.1) is 12.8 Å². The molecule has 45 heavy (non-hydrogen) atoms. The molecule has 0 rings (SSSR count). The number of esters is 2. The highest BCUT2D eigenvalue weighted by molar-refractivity contribution is 5.71. The number of aliphatic hydroxyl groups excluding tert-OH is 4. The van der Waals surface area contributed by atoms with Gasteiger partial charge in [-0.15, -0.1) is 12.8 Å². The van der Waals surface area contributed by atoms with E-state index in [1.165, 1.54) is 7.11 Å². The molecule has 0 fully saturated rings. The number of amides is 4. The molecule has 0 heterocycles. The summed E-state index contributed by atoms with van der Waals surface area (Å²) in [5.41, 5.74) is 0. The molecular formula is C23H42N4O18. The van der Waals surface area contributed by atoms with Crippen molar-refractivity contribution in [3.8, 4) is 12.8 Å². The molecule has 0 aromatic rings. The molecule has 262 valence electrons. The Labute approximate surface area is 258 Å². The van der Waals surface area contributed by atoms with Crippen molar-refractivity contribution in [3.63, 3.8) is 0 Å². The molecule has 1 atom stereocenters. The highest BCUT2D eigenvalue weighted by Gasteiger charge is 2.12. The second-order valence-electron chi connectivity index (χ2n) is 6.59. The summed E-state index contributed by atoms with van der Waals surface area (Å²) in [4.78, 5) is 73.5. The first-order chi connectivity index (χ1) is 20.9. The van der Waals surface area contributed by atoms with Gasteiger partial charge >= 0.3 is 36.3 Å². The van der Waals surface area contributed by atoms with E-state index in [-0.39, 0.29) is 27.4 Å². The Bertz CT molecular complexity index is 838. The minimum absolute atomic E-state index is 0. The Morgan fingerprint density at radius 3 is 1.36 bits per heavy atom. The van der Waals surface area contributed by atoms with Crippen molar-refractivity contribution in [2.45, 2.75) is 33.5 Å². The largest absolute Gasteiger partial charge is 0.471 e. The zero-order valence-electron chi connectivity index (χ0n) is 24.0. The Kier molecular flexibility index (Phi) is 40.7. The normalized spacial score (nSPS) is 9.29. The first-order valence-corrected chi connectivity index (χ1v) is 11.6. The van der Waals surface area contributed by atoms with Crippen LogP contribution in [0.5, 0.6) is 0 Å². The molecule has 22 nitrogen and oxygen atoms in total. The van der Waals surface area contributed by atoms with Crippen molar-refractivity contribution < 1.29 is 87.1 Å². The van der Waals surface area contributed by atoms with Gasteiger partial charge in [0.15, 0.2) is 0 Å². The van der Waals surface area contributed by atoms with Gasteiger partial charge in [0.1, 0.15) is 18.8 Å². The summed E-state index contributed by atoms with van der Waals surface area (Å²) in [5.74, 6) is -1.20. The first-order valence-electron chi connectivity index (χ1n) is 11.6. The van der Waals surface area contributed by atoms with Crippen LogP contribution in [-0.2, 0) is 47.5 Å². The summed E-state index contributed by atoms with van der Waals surface area (Å²) in [6, 6.07) is 0. The first kappa shape index (κ1) is 49.6. The van der Waals surface area contributed by atoms with Crippen molar-refractivity contribution in [1.82, 2.24) is 21.3 Å². The van der Waals surface area contributed by atoms with Gasteiger partial charge in [-0.2, -0.15) is 0 Å². The summed E-state index contributed by atoms with van der Waals surface area (Å²) in [6.45, 7) is -0.945. The van der Waals surface area contributed by atoms with Gasteiger partial charge in [0, 0.05) is 13.8 Å². The smallest absolute Gasteiger partial charge is 0.411 e. The highest BCUT2D eigenvalue weighted by atomic mass is 16.7. The van der Waals surface area contributed by atoms with Crippen molar-refractivity contribution >= 4 is 42.8 Å². The fourth-order valence-electron chi connectivity index (χ4n) is 1.41. The van der Waals surface area contributed by atoms with Gasteiger partial charge < -0.3 is 74.9 Å². The lowest BCUT2D eigenvalue weighted by Gasteiger charge is -2.13. The lowest BCUT2D eigenvalue weighted by Crippen LogP contribution is -2.40. The lowest BCUT2D eigenvalue weighted by atomic mass is 10.4. The van der Waals surface area contributed by atoms with Gasteiger partial charge in [0.2, 0.25) is 13.6 Å². The lowest BCUT2D eigenvalue weighted by molar-refractivity contribution is -0.150. The van der Waals surface area contributed by atoms with E-state index in [0.29, 0.717) is 6.47 Å². The van der Waals surface area contributed by atoms with Crippen LogP contribution in [0.3, 0.4) is 0 Å². The molecule has 0 aliphatic carbocycles. The standard InChI is InChI=1S/2C9H16N2O8.C2H4O2.C2H2.CH4/c1-6(13)18-5-19-9(16)11-4-10-8(15)17-3-7(14)2-12;1-6(14)17-5-18-8(15)10-4-11-9(16)19-7(2-12)3-13;1-4-2-3;1-2;/h7,12,14H,2-5H2,1H3,(H,10,15)(H,11,16);7,12-13H,2-5H2,1H3,(H,10,15)(H,11,16);2H,1H3;1-2H;1H4. The number of ether oxygens (including phenoxy) is 7. The SMILES string of the molecule is C.C#C.CC(=O)OCOC(=O)NCNC(=O)OC(CO)CO.CC(=O)OCOC(=O)NCNC(=O)OCC(O)CO.COC=O. The average Bonchev–Trinajstić information content (AvgIpc) is 2.99. The maximum Gasteiger partial charge on any atom is 0.411 e. The van der Waals surface area contributed by atoms with Crippen molar-refractivity contribution in [2.24, 2.45) is 0 Å². The van der Waals surface area contributed by atoms with E-state index in [0.717, 1.165) is 13.8 Å². The minimum Gasteiger partial charge on any atom is -0.471 e. The van der Waals surface area contributed by atoms with Gasteiger partial charge in [-0.05, 0) is 0 Å². The Balaban J connectivity index is -0.000000197. The molecule has 0 saturated heterocycles. The number of hydrogen-bond acceptors (Lipinski definition) is 18. The van der Waals surface area contributed by atoms with E-state index >= 15 is 0 Å². The number of alkyl carbamates (subject to hydrolysis) is 4. The van der Waals surface area contributed by atoms with Crippen molar-refractivity contribution in [2.75, 3.05) is 60.5 Å². The van der Waals surface area contributed by atoms with Crippen LogP contribution in [0.2, 0.25) is 0 Å². The van der Waals surface area contributed by atoms with E-state index in [4.69, 9.17) is 25.2 Å². The predicted octanol–water partition coefficient (Wildman–Crippen LogP) is -2.79. The van der Waals surface area contributed by atoms with Crippen molar-refractivity contribution in [1.29, 1.82) is 0 Å². The van der Waals surface area contributed by atoms with E-state index in [1.807, 2.05) is 0 Å². The highest BCUT2D eigenvalue weighted by Crippen LogP contribution is 1.90. The Morgan fingerprint density at radius 1 is 0.689 bits per heavy atom. The molecule has 4 amide bonds. The van der Waals surface area contributed by atoms with Crippen LogP contribution < -0.4 is 21.3 Å². The third-order valence-electron chi connectivity index (χ3n) is 3.23. The number of carbonyl (C=O) groups is 7. The molecule has 0 aliphatic rings. The molecule has 0 saturated carbocycles. The number of aliphatic hydroxyl groups is 4. The Hall–Kier alpha value is -5.11. The number of terminal acetylenes is 1. The summed E-state index contributed by atoms with van der Waals surface area (Å²) in [7, 11) is 1.31. The maximum absolute atomic E-state index is 11.0. The van der Waals surface area contributed by atoms with Crippen LogP contribution in [0.25, 0.3) is 0 Å². The van der Waals surface area contributed by atoms with E-state index < -0.39 is 81.9 Å². The van der Waals surface area contributed by atoms with Gasteiger partial charge in [-0.1, -0.05) is 7.43 Å². The van der Waals surface area contributed by atoms with Crippen LogP contribution >= 0.6 is 0 Å². The van der Waals surface area contributed by atoms with E-state index in [9.17, 15) is 28.8 Å². The molecule has 8 N–H and O–H groups in total. The maximum atomic E-state index is 11.0. The Morgan fingerprint density at radius 2 is 1.04 bits per heavy atom. The van der Waals surface area contributed by atoms with Gasteiger partial charge in [0.25, 0.3) is 6.47 Å². The van der Waals surface area contributed by atoms with Crippen molar-refractivity contribution in [3.05, 3.63) is 0 Å². The molecular weight excluding hydrogens is 620 g/mol. The second kappa shape index (κ2) is 36.9. The number of nitrogens with one attached hydrogen (secondary N) is 4.